The fraction of sp³-hybridized carbons (Fsp3) is 0.455. The van der Waals surface area contributed by atoms with E-state index >= 15 is 0 Å². The molecule has 0 aliphatic carbocycles. The summed E-state index contributed by atoms with van der Waals surface area (Å²) in [6.07, 6.45) is 1.41. The van der Waals surface area contributed by atoms with Crippen LogP contribution in [-0.4, -0.2) is 44.2 Å². The Morgan fingerprint density at radius 2 is 1.76 bits per heavy atom. The zero-order chi connectivity index (χ0) is 13.3. The summed E-state index contributed by atoms with van der Waals surface area (Å²) in [7, 11) is -2.05. The number of methoxy groups -OCH3 is 1. The lowest BCUT2D eigenvalue weighted by molar-refractivity contribution is 0.0495. The first-order valence-electron chi connectivity index (χ1n) is 4.97. The number of hydrogen-bond donors (Lipinski definition) is 2. The predicted molar refractivity (Wildman–Crippen MR) is 65.5 cm³/mol. The molecule has 0 aromatic heterocycles. The van der Waals surface area contributed by atoms with Gasteiger partial charge in [-0.15, -0.1) is 0 Å². The average Bonchev–Trinajstić information content (AvgIpc) is 2.25. The minimum Gasteiger partial charge on any atom is -0.394 e. The molecule has 98 valence electrons. The van der Waals surface area contributed by atoms with Crippen molar-refractivity contribution in [2.24, 2.45) is 0 Å². The largest absolute Gasteiger partial charge is 0.394 e. The minimum atomic E-state index is -3.67. The van der Waals surface area contributed by atoms with Crippen LogP contribution < -0.4 is 0 Å². The maximum atomic E-state index is 9.19. The van der Waals surface area contributed by atoms with Gasteiger partial charge in [-0.25, -0.2) is 0 Å². The van der Waals surface area contributed by atoms with E-state index in [1.807, 2.05) is 30.3 Å². The third-order valence-electron chi connectivity index (χ3n) is 1.84. The number of aliphatic hydroxyl groups excluding tert-OH is 1. The van der Waals surface area contributed by atoms with Gasteiger partial charge in [0.15, 0.2) is 0 Å². The third kappa shape index (κ3) is 11.3. The zero-order valence-electron chi connectivity index (χ0n) is 9.91. The Kier molecular flexibility index (Phi) is 7.73. The molecule has 0 aliphatic heterocycles. The molecule has 1 unspecified atom stereocenters. The van der Waals surface area contributed by atoms with Crippen LogP contribution in [0.2, 0.25) is 0 Å². The molecule has 0 heterocycles. The van der Waals surface area contributed by atoms with Gasteiger partial charge in [0.05, 0.1) is 19.0 Å². The number of ether oxygens (including phenoxy) is 1. The molecule has 0 fully saturated rings. The van der Waals surface area contributed by atoms with Crippen LogP contribution in [0.25, 0.3) is 0 Å². The molecule has 0 saturated heterocycles. The monoisotopic (exact) mass is 262 g/mol. The second-order valence-electron chi connectivity index (χ2n) is 3.46. The molecular weight excluding hydrogens is 244 g/mol. The summed E-state index contributed by atoms with van der Waals surface area (Å²) < 4.78 is 30.9. The number of aliphatic hydroxyl groups is 1. The summed E-state index contributed by atoms with van der Waals surface area (Å²) in [5, 5.41) is 8.86. The summed E-state index contributed by atoms with van der Waals surface area (Å²) in [4.78, 5) is 0. The van der Waals surface area contributed by atoms with Crippen LogP contribution in [-0.2, 0) is 21.3 Å². The van der Waals surface area contributed by atoms with Gasteiger partial charge in [0.25, 0.3) is 10.1 Å². The first kappa shape index (κ1) is 16.1. The lowest BCUT2D eigenvalue weighted by Crippen LogP contribution is -2.18. The SMILES string of the molecule is COC(CO)Cc1ccccc1.CS(=O)(=O)O. The van der Waals surface area contributed by atoms with Crippen LogP contribution in [0.3, 0.4) is 0 Å². The second-order valence-corrected chi connectivity index (χ2v) is 4.93. The topological polar surface area (TPSA) is 83.8 Å². The van der Waals surface area contributed by atoms with Gasteiger partial charge in [0.1, 0.15) is 0 Å². The fourth-order valence-corrected chi connectivity index (χ4v) is 1.10. The Labute approximate surface area is 102 Å². The summed E-state index contributed by atoms with van der Waals surface area (Å²) in [6, 6.07) is 10.0. The first-order valence-corrected chi connectivity index (χ1v) is 6.81. The molecule has 0 radical (unpaired) electrons. The molecule has 17 heavy (non-hydrogen) atoms. The molecule has 1 aromatic rings. The predicted octanol–water partition coefficient (Wildman–Crippen LogP) is 0.740. The van der Waals surface area contributed by atoms with E-state index in [2.05, 4.69) is 0 Å². The first-order chi connectivity index (χ1) is 7.86. The van der Waals surface area contributed by atoms with E-state index < -0.39 is 10.1 Å². The number of hydrogen-bond acceptors (Lipinski definition) is 4. The van der Waals surface area contributed by atoms with Crippen molar-refractivity contribution in [3.63, 3.8) is 0 Å². The van der Waals surface area contributed by atoms with Crippen molar-refractivity contribution < 1.29 is 22.8 Å². The Morgan fingerprint density at radius 1 is 1.29 bits per heavy atom. The van der Waals surface area contributed by atoms with E-state index in [4.69, 9.17) is 14.4 Å². The van der Waals surface area contributed by atoms with Crippen LogP contribution in [0.15, 0.2) is 30.3 Å². The standard InChI is InChI=1S/C10H14O2.CH4O3S/c1-12-10(8-11)7-9-5-3-2-4-6-9;1-5(2,3)4/h2-6,10-11H,7-8H2,1H3;1H3,(H,2,3,4). The molecule has 0 amide bonds. The Balaban J connectivity index is 0.000000437. The van der Waals surface area contributed by atoms with Crippen LogP contribution in [0.5, 0.6) is 0 Å². The van der Waals surface area contributed by atoms with E-state index in [1.54, 1.807) is 7.11 Å². The quantitative estimate of drug-likeness (QED) is 0.782. The van der Waals surface area contributed by atoms with Crippen molar-refractivity contribution in [1.82, 2.24) is 0 Å². The van der Waals surface area contributed by atoms with Gasteiger partial charge in [0, 0.05) is 13.5 Å². The molecular formula is C11H18O5S. The molecule has 1 rings (SSSR count). The van der Waals surface area contributed by atoms with Gasteiger partial charge < -0.3 is 9.84 Å². The van der Waals surface area contributed by atoms with Crippen LogP contribution in [0, 0.1) is 0 Å². The van der Waals surface area contributed by atoms with E-state index in [0.717, 1.165) is 6.42 Å². The van der Waals surface area contributed by atoms with Crippen molar-refractivity contribution in [3.05, 3.63) is 35.9 Å². The van der Waals surface area contributed by atoms with E-state index in [9.17, 15) is 8.42 Å². The van der Waals surface area contributed by atoms with E-state index in [0.29, 0.717) is 6.26 Å². The summed E-state index contributed by atoms with van der Waals surface area (Å²) in [5.41, 5.74) is 1.19. The highest BCUT2D eigenvalue weighted by atomic mass is 32.2. The molecule has 5 nitrogen and oxygen atoms in total. The highest BCUT2D eigenvalue weighted by molar-refractivity contribution is 7.85. The third-order valence-corrected chi connectivity index (χ3v) is 1.84. The molecule has 0 saturated carbocycles. The summed E-state index contributed by atoms with van der Waals surface area (Å²) in [6.45, 7) is 0.0748. The maximum Gasteiger partial charge on any atom is 0.261 e. The molecule has 2 N–H and O–H groups in total. The van der Waals surface area contributed by atoms with Crippen molar-refractivity contribution >= 4 is 10.1 Å². The number of rotatable bonds is 4. The van der Waals surface area contributed by atoms with Gasteiger partial charge in [-0.1, -0.05) is 30.3 Å². The number of benzene rings is 1. The second kappa shape index (κ2) is 8.19. The smallest absolute Gasteiger partial charge is 0.261 e. The molecule has 1 aromatic carbocycles. The Bertz CT molecular complexity index is 376. The van der Waals surface area contributed by atoms with Gasteiger partial charge >= 0.3 is 0 Å². The fourth-order valence-electron chi connectivity index (χ4n) is 1.10. The lowest BCUT2D eigenvalue weighted by Gasteiger charge is -2.11. The van der Waals surface area contributed by atoms with E-state index in [-0.39, 0.29) is 12.7 Å². The highest BCUT2D eigenvalue weighted by Crippen LogP contribution is 2.04. The minimum absolute atomic E-state index is 0.0748. The molecule has 0 aliphatic rings. The average molecular weight is 262 g/mol. The van der Waals surface area contributed by atoms with Crippen LogP contribution in [0.4, 0.5) is 0 Å². The van der Waals surface area contributed by atoms with Crippen molar-refractivity contribution in [3.8, 4) is 0 Å². The van der Waals surface area contributed by atoms with Crippen LogP contribution >= 0.6 is 0 Å². The van der Waals surface area contributed by atoms with Gasteiger partial charge in [-0.2, -0.15) is 8.42 Å². The zero-order valence-corrected chi connectivity index (χ0v) is 10.7. The summed E-state index contributed by atoms with van der Waals surface area (Å²) in [5.74, 6) is 0. The summed E-state index contributed by atoms with van der Waals surface area (Å²) >= 11 is 0. The van der Waals surface area contributed by atoms with Crippen molar-refractivity contribution in [2.45, 2.75) is 12.5 Å². The molecule has 6 heteroatoms. The molecule has 0 spiro atoms. The van der Waals surface area contributed by atoms with Crippen molar-refractivity contribution in [2.75, 3.05) is 20.0 Å². The van der Waals surface area contributed by atoms with E-state index in [1.165, 1.54) is 5.56 Å². The Hall–Kier alpha value is -0.950. The van der Waals surface area contributed by atoms with Gasteiger partial charge in [0.2, 0.25) is 0 Å². The molecule has 1 atom stereocenters. The van der Waals surface area contributed by atoms with Gasteiger partial charge in [-0.05, 0) is 5.56 Å². The molecule has 0 bridgehead atoms. The Morgan fingerprint density at radius 3 is 2.12 bits per heavy atom. The maximum absolute atomic E-state index is 9.19. The van der Waals surface area contributed by atoms with Crippen LogP contribution in [0.1, 0.15) is 5.56 Å². The highest BCUT2D eigenvalue weighted by Gasteiger charge is 2.05. The lowest BCUT2D eigenvalue weighted by atomic mass is 10.1. The van der Waals surface area contributed by atoms with Crippen molar-refractivity contribution in [1.29, 1.82) is 0 Å². The normalized spacial score (nSPS) is 12.5. The van der Waals surface area contributed by atoms with Gasteiger partial charge in [-0.3, -0.25) is 4.55 Å².